The topological polar surface area (TPSA) is 59.3 Å². The van der Waals surface area contributed by atoms with Gasteiger partial charge in [-0.05, 0) is 88.2 Å². The fourth-order valence-electron chi connectivity index (χ4n) is 4.76. The van der Waals surface area contributed by atoms with E-state index in [9.17, 15) is 4.79 Å². The Morgan fingerprint density at radius 3 is 2.30 bits per heavy atom. The third kappa shape index (κ3) is 6.66. The van der Waals surface area contributed by atoms with Gasteiger partial charge in [0.1, 0.15) is 5.75 Å². The molecule has 1 aliphatic heterocycles. The van der Waals surface area contributed by atoms with Crippen molar-refractivity contribution in [3.63, 3.8) is 0 Å². The second-order valence-electron chi connectivity index (χ2n) is 10.7. The Kier molecular flexibility index (Phi) is 7.99. The first-order valence-corrected chi connectivity index (χ1v) is 18.9. The Morgan fingerprint density at radius 2 is 1.70 bits per heavy atom. The number of benzene rings is 2. The fraction of sp³-hybridized carbons (Fsp3) is 0.481. The number of rotatable bonds is 8. The van der Waals surface area contributed by atoms with E-state index < -0.39 is 15.4 Å². The number of ether oxygens (including phenoxy) is 1. The maximum atomic E-state index is 12.4. The minimum atomic E-state index is -1.57. The molecular weight excluding hydrogens is 442 g/mol. The van der Waals surface area contributed by atoms with Gasteiger partial charge < -0.3 is 9.16 Å². The third-order valence-electron chi connectivity index (χ3n) is 7.34. The van der Waals surface area contributed by atoms with Crippen molar-refractivity contribution in [2.45, 2.75) is 83.3 Å². The quantitative estimate of drug-likeness (QED) is 0.176. The molecule has 0 radical (unpaired) electrons. The zero-order chi connectivity index (χ0) is 24.1. The van der Waals surface area contributed by atoms with Gasteiger partial charge >= 0.3 is 5.97 Å². The zero-order valence-corrected chi connectivity index (χ0v) is 22.7. The Balaban J connectivity index is 1.42. The second kappa shape index (κ2) is 10.4. The van der Waals surface area contributed by atoms with Gasteiger partial charge in [-0.3, -0.25) is 0 Å². The van der Waals surface area contributed by atoms with Crippen LogP contribution in [0.25, 0.3) is 0 Å². The Hall–Kier alpha value is -2.21. The molecule has 6 heteroatoms. The molecule has 0 aromatic heterocycles. The van der Waals surface area contributed by atoms with Crippen molar-refractivity contribution in [2.75, 3.05) is 0 Å². The predicted octanol–water partition coefficient (Wildman–Crippen LogP) is 7.05. The van der Waals surface area contributed by atoms with Crippen LogP contribution in [0.1, 0.15) is 61.0 Å². The average Bonchev–Trinajstić information content (AvgIpc) is 2.77. The first-order chi connectivity index (χ1) is 15.5. The smallest absolute Gasteiger partial charge is 0.343 e. The molecule has 0 N–H and O–H groups in total. The van der Waals surface area contributed by atoms with Gasteiger partial charge in [0.2, 0.25) is 0 Å². The van der Waals surface area contributed by atoms with Gasteiger partial charge in [0.05, 0.1) is 30.4 Å². The molecule has 0 bridgehead atoms. The number of hydrogen-bond acceptors (Lipinski definition) is 4. The van der Waals surface area contributed by atoms with E-state index in [1.54, 1.807) is 24.3 Å². The summed E-state index contributed by atoms with van der Waals surface area (Å²) in [6.45, 7) is 12.0. The highest BCUT2D eigenvalue weighted by atomic mass is 29.3. The van der Waals surface area contributed by atoms with Gasteiger partial charge in [0.25, 0.3) is 0 Å². The lowest BCUT2D eigenvalue weighted by atomic mass is 10.1. The monoisotopic (exact) mass is 479 g/mol. The fourth-order valence-corrected chi connectivity index (χ4v) is 16.2. The molecule has 1 atom stereocenters. The van der Waals surface area contributed by atoms with Crippen LogP contribution in [0.3, 0.4) is 0 Å². The number of unbranched alkanes of at least 4 members (excludes halogenated alkanes) is 2. The SMILES string of the molecule is CC1(C)CC[Si](C)(CCCCCc2ccc(C(=O)Oc3ccc(C#N)cc3)cc2)[Si](C)(C)O1. The Bertz CT molecular complexity index is 994. The molecule has 2 aromatic carbocycles. The number of carbonyl (C=O) groups is 1. The van der Waals surface area contributed by atoms with Crippen LogP contribution in [-0.4, -0.2) is 27.0 Å². The van der Waals surface area contributed by atoms with E-state index >= 15 is 0 Å². The largest absolute Gasteiger partial charge is 0.423 e. The van der Waals surface area contributed by atoms with Crippen LogP contribution in [0.2, 0.25) is 31.7 Å². The molecule has 0 amide bonds. The number of nitriles is 1. The summed E-state index contributed by atoms with van der Waals surface area (Å²) in [5.74, 6) is 0.0626. The van der Waals surface area contributed by atoms with Crippen molar-refractivity contribution in [3.8, 4) is 11.8 Å². The molecule has 0 spiro atoms. The molecule has 1 heterocycles. The number of aryl methyl sites for hydroxylation is 1. The van der Waals surface area contributed by atoms with E-state index in [1.165, 1.54) is 43.3 Å². The Morgan fingerprint density at radius 1 is 1.03 bits per heavy atom. The number of nitrogens with zero attached hydrogens (tertiary/aromatic N) is 1. The Labute approximate surface area is 200 Å². The summed E-state index contributed by atoms with van der Waals surface area (Å²) < 4.78 is 12.0. The molecule has 1 saturated heterocycles. The van der Waals surface area contributed by atoms with E-state index in [4.69, 9.17) is 14.4 Å². The van der Waals surface area contributed by atoms with E-state index in [-0.39, 0.29) is 11.6 Å². The molecule has 0 aliphatic carbocycles. The van der Waals surface area contributed by atoms with Gasteiger partial charge in [-0.1, -0.05) is 43.6 Å². The van der Waals surface area contributed by atoms with Crippen LogP contribution in [-0.2, 0) is 10.8 Å². The molecule has 3 rings (SSSR count). The van der Waals surface area contributed by atoms with Crippen LogP contribution >= 0.6 is 0 Å². The summed E-state index contributed by atoms with van der Waals surface area (Å²) in [5.41, 5.74) is 2.40. The lowest BCUT2D eigenvalue weighted by molar-refractivity contribution is 0.0734. The highest BCUT2D eigenvalue weighted by Gasteiger charge is 2.52. The number of hydrogen-bond donors (Lipinski definition) is 0. The van der Waals surface area contributed by atoms with E-state index in [2.05, 4.69) is 39.6 Å². The van der Waals surface area contributed by atoms with Crippen molar-refractivity contribution in [1.29, 1.82) is 5.26 Å². The normalized spacial score (nSPS) is 21.2. The molecule has 4 nitrogen and oxygen atoms in total. The first kappa shape index (κ1) is 25.4. The van der Waals surface area contributed by atoms with Crippen LogP contribution in [0.15, 0.2) is 48.5 Å². The summed E-state index contributed by atoms with van der Waals surface area (Å²) in [6, 6.07) is 19.1. The highest BCUT2D eigenvalue weighted by Crippen LogP contribution is 2.41. The molecule has 1 unspecified atom stereocenters. The highest BCUT2D eigenvalue weighted by molar-refractivity contribution is 7.38. The molecule has 2 aromatic rings. The minimum absolute atomic E-state index is 0.0723. The summed E-state index contributed by atoms with van der Waals surface area (Å²) in [7, 11) is -2.86. The molecule has 33 heavy (non-hydrogen) atoms. The van der Waals surface area contributed by atoms with Gasteiger partial charge in [0.15, 0.2) is 7.83 Å². The maximum absolute atomic E-state index is 12.4. The van der Waals surface area contributed by atoms with Gasteiger partial charge in [0, 0.05) is 0 Å². The minimum Gasteiger partial charge on any atom is -0.423 e. The average molecular weight is 480 g/mol. The summed E-state index contributed by atoms with van der Waals surface area (Å²) in [4.78, 5) is 12.4. The van der Waals surface area contributed by atoms with Gasteiger partial charge in [-0.15, -0.1) is 0 Å². The van der Waals surface area contributed by atoms with Crippen molar-refractivity contribution in [2.24, 2.45) is 0 Å². The molecule has 0 saturated carbocycles. The maximum Gasteiger partial charge on any atom is 0.343 e. The van der Waals surface area contributed by atoms with Crippen LogP contribution in [0, 0.1) is 11.3 Å². The molecule has 176 valence electrons. The predicted molar refractivity (Wildman–Crippen MR) is 139 cm³/mol. The van der Waals surface area contributed by atoms with E-state index in [1.807, 2.05) is 24.3 Å². The van der Waals surface area contributed by atoms with Crippen LogP contribution < -0.4 is 4.74 Å². The first-order valence-electron chi connectivity index (χ1n) is 12.1. The van der Waals surface area contributed by atoms with Crippen molar-refractivity contribution in [3.05, 3.63) is 65.2 Å². The zero-order valence-electron chi connectivity index (χ0n) is 20.7. The summed E-state index contributed by atoms with van der Waals surface area (Å²) >= 11 is 0. The molecular formula is C27H37NO3Si2. The van der Waals surface area contributed by atoms with E-state index in [0.29, 0.717) is 16.9 Å². The van der Waals surface area contributed by atoms with E-state index in [0.717, 1.165) is 6.42 Å². The van der Waals surface area contributed by atoms with Crippen molar-refractivity contribution >= 4 is 21.4 Å². The van der Waals surface area contributed by atoms with Crippen LogP contribution in [0.5, 0.6) is 5.75 Å². The summed E-state index contributed by atoms with van der Waals surface area (Å²) in [6.07, 6.45) is 5.98. The summed E-state index contributed by atoms with van der Waals surface area (Å²) in [5, 5.41) is 8.86. The van der Waals surface area contributed by atoms with Crippen molar-refractivity contribution in [1.82, 2.24) is 0 Å². The molecule has 1 aliphatic rings. The number of esters is 1. The van der Waals surface area contributed by atoms with Crippen LogP contribution in [0.4, 0.5) is 0 Å². The van der Waals surface area contributed by atoms with Gasteiger partial charge in [-0.2, -0.15) is 5.26 Å². The standard InChI is InChI=1S/C27H37NO3Si2/c1-27(2)18-20-33(5,32(3,4)31-27)19-8-6-7-9-22-10-14-24(15-11-22)26(29)30-25-16-12-23(21-28)13-17-25/h10-17H,6-9,18-20H2,1-5H3. The lowest BCUT2D eigenvalue weighted by Crippen LogP contribution is -2.65. The second-order valence-corrected chi connectivity index (χ2v) is 25.3. The number of carbonyl (C=O) groups excluding carboxylic acids is 1. The third-order valence-corrected chi connectivity index (χ3v) is 24.6. The van der Waals surface area contributed by atoms with Crippen molar-refractivity contribution < 1.29 is 14.0 Å². The van der Waals surface area contributed by atoms with Gasteiger partial charge in [-0.25, -0.2) is 4.79 Å². The molecule has 1 fully saturated rings. The lowest BCUT2D eigenvalue weighted by Gasteiger charge is -2.51.